The van der Waals surface area contributed by atoms with E-state index in [4.69, 9.17) is 25.2 Å². The predicted octanol–water partition coefficient (Wildman–Crippen LogP) is 3.61. The van der Waals surface area contributed by atoms with Gasteiger partial charge in [0.1, 0.15) is 17.3 Å². The van der Waals surface area contributed by atoms with Crippen molar-refractivity contribution >= 4 is 8.53 Å². The Kier molecular flexibility index (Phi) is 5.81. The van der Waals surface area contributed by atoms with Crippen LogP contribution in [0.2, 0.25) is 0 Å². The quantitative estimate of drug-likeness (QED) is 0.487. The molecule has 0 spiro atoms. The average molecular weight is 359 g/mol. The molecule has 2 rings (SSSR count). The second-order valence-electron chi connectivity index (χ2n) is 7.29. The van der Waals surface area contributed by atoms with E-state index in [0.29, 0.717) is 19.6 Å². The van der Waals surface area contributed by atoms with Crippen LogP contribution in [0.15, 0.2) is 0 Å². The summed E-state index contributed by atoms with van der Waals surface area (Å²) < 4.78 is 34.8. The molecule has 2 saturated heterocycles. The van der Waals surface area contributed by atoms with Gasteiger partial charge in [0.05, 0.1) is 31.8 Å². The van der Waals surface area contributed by atoms with Crippen LogP contribution in [0.3, 0.4) is 0 Å². The van der Waals surface area contributed by atoms with Crippen molar-refractivity contribution in [3.8, 4) is 6.07 Å². The summed E-state index contributed by atoms with van der Waals surface area (Å²) in [4.78, 5) is 0. The van der Waals surface area contributed by atoms with Crippen molar-refractivity contribution < 1.29 is 19.9 Å². The van der Waals surface area contributed by atoms with E-state index in [1.807, 2.05) is 13.8 Å². The van der Waals surface area contributed by atoms with Crippen LogP contribution in [0.1, 0.15) is 56.2 Å². The molecule has 2 aliphatic rings. The van der Waals surface area contributed by atoms with E-state index in [-0.39, 0.29) is 31.2 Å². The van der Waals surface area contributed by atoms with Crippen LogP contribution < -0.4 is 0 Å². The van der Waals surface area contributed by atoms with Gasteiger partial charge in [0.15, 0.2) is 0 Å². The topological polar surface area (TPSA) is 64.0 Å². The molecule has 2 aliphatic heterocycles. The van der Waals surface area contributed by atoms with Gasteiger partial charge in [0.25, 0.3) is 8.53 Å². The van der Waals surface area contributed by atoms with Crippen molar-refractivity contribution in [2.75, 3.05) is 13.2 Å². The van der Waals surface area contributed by atoms with Crippen molar-refractivity contribution in [1.29, 1.82) is 5.26 Å². The molecule has 2 fully saturated rings. The van der Waals surface area contributed by atoms with Crippen LogP contribution in [0.5, 0.6) is 0 Å². The first-order chi connectivity index (χ1) is 11.7. The number of nitrogens with zero attached hydrogens (tertiary/aromatic N) is 2. The van der Waals surface area contributed by atoms with Gasteiger partial charge in [-0.05, 0) is 48.4 Å². The summed E-state index contributed by atoms with van der Waals surface area (Å²) >= 11 is 0. The Labute approximate surface area is 148 Å². The molecular weight excluding hydrogens is 327 g/mol. The van der Waals surface area contributed by atoms with E-state index in [1.165, 1.54) is 0 Å². The molecule has 2 heterocycles. The summed E-state index contributed by atoms with van der Waals surface area (Å²) in [5.41, 5.74) is -1.51. The molecular formula is C17H31N2O4P. The Morgan fingerprint density at radius 1 is 1.42 bits per heavy atom. The van der Waals surface area contributed by atoms with Gasteiger partial charge in [-0.1, -0.05) is 0 Å². The average Bonchev–Trinajstić information content (AvgIpc) is 2.91. The van der Waals surface area contributed by atoms with E-state index in [9.17, 15) is 0 Å². The van der Waals surface area contributed by atoms with Crippen molar-refractivity contribution in [2.24, 2.45) is 0 Å². The van der Waals surface area contributed by atoms with Gasteiger partial charge in [-0.3, -0.25) is 0 Å². The molecule has 0 saturated carbocycles. The lowest BCUT2D eigenvalue weighted by atomic mass is 9.87. The number of nitriles is 1. The van der Waals surface area contributed by atoms with Crippen LogP contribution in [-0.2, 0) is 18.5 Å². The van der Waals surface area contributed by atoms with Crippen molar-refractivity contribution in [1.82, 2.24) is 4.67 Å². The van der Waals surface area contributed by atoms with Crippen LogP contribution in [0, 0.1) is 11.3 Å². The lowest BCUT2D eigenvalue weighted by Gasteiger charge is -2.42. The van der Waals surface area contributed by atoms with Crippen LogP contribution in [-0.4, -0.2) is 53.4 Å². The van der Waals surface area contributed by atoms with E-state index in [2.05, 4.69) is 38.4 Å². The minimum absolute atomic E-state index is 0.0784. The largest absolute Gasteiger partial charge is 0.369 e. The smallest absolute Gasteiger partial charge is 0.259 e. The summed E-state index contributed by atoms with van der Waals surface area (Å²) in [5, 5.41) is 8.84. The summed E-state index contributed by atoms with van der Waals surface area (Å²) in [6, 6.07) is 2.56. The monoisotopic (exact) mass is 359 g/mol. The molecule has 0 amide bonds. The molecule has 7 heteroatoms. The molecule has 5 atom stereocenters. The zero-order valence-corrected chi connectivity index (χ0v) is 16.5. The molecule has 0 N–H and O–H groups in total. The maximum Gasteiger partial charge on any atom is 0.259 e. The Morgan fingerprint density at radius 3 is 2.58 bits per heavy atom. The number of fused-ring (bicyclic) bond motifs is 2. The highest BCUT2D eigenvalue weighted by Crippen LogP contribution is 2.58. The Hall–Kier alpha value is -0.280. The molecule has 0 aromatic heterocycles. The molecule has 6 nitrogen and oxygen atoms in total. The third-order valence-electron chi connectivity index (χ3n) is 4.71. The fourth-order valence-electron chi connectivity index (χ4n) is 3.52. The lowest BCUT2D eigenvalue weighted by molar-refractivity contribution is -0.133. The zero-order valence-electron chi connectivity index (χ0n) is 16.6. The van der Waals surface area contributed by atoms with Gasteiger partial charge in [-0.15, -0.1) is 0 Å². The summed E-state index contributed by atoms with van der Waals surface area (Å²) in [5.74, 6) is 0. The maximum absolute atomic E-state index is 8.84. The normalized spacial score (nSPS) is 37.2. The Balaban J connectivity index is 2.27. The van der Waals surface area contributed by atoms with Crippen LogP contribution >= 0.6 is 8.53 Å². The van der Waals surface area contributed by atoms with Crippen molar-refractivity contribution in [2.45, 2.75) is 90.4 Å². The fraction of sp³-hybridized carbons (Fsp3) is 0.941. The van der Waals surface area contributed by atoms with Gasteiger partial charge < -0.3 is 18.5 Å². The highest BCUT2D eigenvalue weighted by molar-refractivity contribution is 7.44. The molecule has 24 heavy (non-hydrogen) atoms. The molecule has 1 unspecified atom stereocenters. The van der Waals surface area contributed by atoms with Crippen LogP contribution in [0.25, 0.3) is 0 Å². The molecule has 0 aromatic rings. The number of hydrogen-bond donors (Lipinski definition) is 0. The molecule has 138 valence electrons. The number of ether oxygens (including phenoxy) is 2. The first-order valence-electron chi connectivity index (χ1n) is 9.29. The van der Waals surface area contributed by atoms with Gasteiger partial charge in [-0.2, -0.15) is 5.26 Å². The number of hydrogen-bond acceptors (Lipinski definition) is 6. The molecule has 2 bridgehead atoms. The SMILES string of the molecule is [2H]C[C@]12CO[C@H]([C@H](C)O1)[C@@]2(C)OP(OCCC#N)N(C(C)C)C(C)C. The van der Waals surface area contributed by atoms with Gasteiger partial charge in [0, 0.05) is 13.5 Å². The first kappa shape index (κ1) is 18.5. The predicted molar refractivity (Wildman–Crippen MR) is 93.4 cm³/mol. The van der Waals surface area contributed by atoms with Crippen LogP contribution in [0.4, 0.5) is 0 Å². The second kappa shape index (κ2) is 7.53. The van der Waals surface area contributed by atoms with E-state index in [1.54, 1.807) is 0 Å². The Bertz CT molecular complexity index is 496. The maximum atomic E-state index is 8.84. The fourth-order valence-corrected chi connectivity index (χ4v) is 5.40. The minimum Gasteiger partial charge on any atom is -0.369 e. The van der Waals surface area contributed by atoms with E-state index < -0.39 is 19.7 Å². The zero-order chi connectivity index (χ0) is 18.8. The second-order valence-corrected chi connectivity index (χ2v) is 8.67. The van der Waals surface area contributed by atoms with Gasteiger partial charge >= 0.3 is 0 Å². The van der Waals surface area contributed by atoms with Gasteiger partial charge in [0.2, 0.25) is 0 Å². The summed E-state index contributed by atoms with van der Waals surface area (Å²) in [6.45, 7) is 13.1. The molecule has 0 radical (unpaired) electrons. The van der Waals surface area contributed by atoms with Crippen molar-refractivity contribution in [3.05, 3.63) is 0 Å². The van der Waals surface area contributed by atoms with E-state index >= 15 is 0 Å². The summed E-state index contributed by atoms with van der Waals surface area (Å²) in [7, 11) is -1.41. The highest BCUT2D eigenvalue weighted by atomic mass is 31.2. The molecule has 0 aromatic carbocycles. The lowest BCUT2D eigenvalue weighted by Crippen LogP contribution is -2.50. The van der Waals surface area contributed by atoms with Gasteiger partial charge in [-0.25, -0.2) is 4.67 Å². The third-order valence-corrected chi connectivity index (χ3v) is 6.95. The van der Waals surface area contributed by atoms with E-state index in [0.717, 1.165) is 0 Å². The first-order valence-corrected chi connectivity index (χ1v) is 9.71. The van der Waals surface area contributed by atoms with Crippen molar-refractivity contribution in [3.63, 3.8) is 0 Å². The number of rotatable bonds is 8. The standard InChI is InChI=1S/C17H31N2O4P/c1-12(2)19(13(3)4)24(21-10-8-9-18)23-17(7)15-14(5)22-16(17,6)11-20-15/h12-15H,8,10-11H2,1-7H3/t14-,15+,16+,17+,24?/m0/s1/i6D. The molecule has 0 aliphatic carbocycles. The minimum atomic E-state index is -1.41. The Morgan fingerprint density at radius 2 is 2.08 bits per heavy atom. The highest BCUT2D eigenvalue weighted by Gasteiger charge is 2.67. The third kappa shape index (κ3) is 3.49. The summed E-state index contributed by atoms with van der Waals surface area (Å²) in [6.07, 6.45) is -0.0190.